The average Bonchev–Trinajstić information content (AvgIpc) is 2.67. The molecule has 0 aromatic carbocycles. The van der Waals surface area contributed by atoms with Crippen LogP contribution in [-0.4, -0.2) is 47.1 Å². The first kappa shape index (κ1) is 26.5. The number of aromatic nitrogens is 2. The van der Waals surface area contributed by atoms with Gasteiger partial charge in [0.1, 0.15) is 5.82 Å². The molecule has 0 saturated heterocycles. The molecule has 0 saturated carbocycles. The number of guanidine groups is 1. The van der Waals surface area contributed by atoms with Crippen LogP contribution in [0.5, 0.6) is 0 Å². The van der Waals surface area contributed by atoms with Crippen molar-refractivity contribution in [3.63, 3.8) is 0 Å². The molecule has 8 N–H and O–H groups in total. The van der Waals surface area contributed by atoms with Crippen molar-refractivity contribution in [1.82, 2.24) is 14.9 Å². The number of carbonyl (C=O) groups is 1. The number of aryl methyl sites for hydroxylation is 1. The number of rotatable bonds is 13. The van der Waals surface area contributed by atoms with E-state index in [0.717, 1.165) is 38.6 Å². The predicted molar refractivity (Wildman–Crippen MR) is 119 cm³/mol. The second kappa shape index (κ2) is 16.5. The number of anilines is 1. The van der Waals surface area contributed by atoms with Gasteiger partial charge >= 0.3 is 5.69 Å². The lowest BCUT2D eigenvalue weighted by atomic mass is 10.1. The molecule has 0 bridgehead atoms. The number of carbonyl (C=O) groups excluding carboxylic acids is 1. The van der Waals surface area contributed by atoms with Crippen molar-refractivity contribution >= 4 is 17.7 Å². The van der Waals surface area contributed by atoms with Gasteiger partial charge in [0, 0.05) is 32.3 Å². The highest BCUT2D eigenvalue weighted by Crippen LogP contribution is 2.07. The Bertz CT molecular complexity index is 656. The third kappa shape index (κ3) is 13.4. The van der Waals surface area contributed by atoms with Crippen molar-refractivity contribution in [3.05, 3.63) is 22.7 Å². The number of nitrogens with zero attached hydrogens (tertiary/aromatic N) is 3. The lowest BCUT2D eigenvalue weighted by molar-refractivity contribution is -0.114. The van der Waals surface area contributed by atoms with Gasteiger partial charge in [0.25, 0.3) is 0 Å². The molecule has 166 valence electrons. The highest BCUT2D eigenvalue weighted by atomic mass is 16.2. The van der Waals surface area contributed by atoms with Crippen LogP contribution in [0.1, 0.15) is 52.9 Å². The monoisotopic (exact) mass is 410 g/mol. The maximum absolute atomic E-state index is 12.0. The van der Waals surface area contributed by atoms with Gasteiger partial charge in [0.2, 0.25) is 5.91 Å². The zero-order valence-electron chi connectivity index (χ0n) is 18.0. The van der Waals surface area contributed by atoms with Crippen molar-refractivity contribution in [3.8, 4) is 0 Å². The molecule has 1 heterocycles. The summed E-state index contributed by atoms with van der Waals surface area (Å²) in [6.45, 7) is 8.05. The Morgan fingerprint density at radius 1 is 1.24 bits per heavy atom. The van der Waals surface area contributed by atoms with E-state index in [1.165, 1.54) is 6.92 Å². The van der Waals surface area contributed by atoms with Crippen molar-refractivity contribution in [2.24, 2.45) is 22.2 Å². The van der Waals surface area contributed by atoms with Gasteiger partial charge in [-0.05, 0) is 51.3 Å². The minimum atomic E-state index is -0.373. The van der Waals surface area contributed by atoms with Crippen LogP contribution >= 0.6 is 0 Å². The summed E-state index contributed by atoms with van der Waals surface area (Å²) in [6.07, 6.45) is 6.12. The Morgan fingerprint density at radius 3 is 2.52 bits per heavy atom. The summed E-state index contributed by atoms with van der Waals surface area (Å²) in [5.74, 6) is 0.119. The Morgan fingerprint density at radius 2 is 1.93 bits per heavy atom. The van der Waals surface area contributed by atoms with E-state index < -0.39 is 0 Å². The highest BCUT2D eigenvalue weighted by Gasteiger charge is 2.09. The van der Waals surface area contributed by atoms with Crippen molar-refractivity contribution in [2.45, 2.75) is 65.5 Å². The topological polar surface area (TPSA) is 166 Å². The summed E-state index contributed by atoms with van der Waals surface area (Å²) in [4.78, 5) is 30.9. The van der Waals surface area contributed by atoms with Gasteiger partial charge in [-0.25, -0.2) is 4.79 Å². The smallest absolute Gasteiger partial charge is 0.349 e. The zero-order valence-corrected chi connectivity index (χ0v) is 18.0. The Balaban J connectivity index is 0.00000379. The van der Waals surface area contributed by atoms with Crippen LogP contribution in [0.4, 0.5) is 5.82 Å². The Kier molecular flexibility index (Phi) is 15.1. The lowest BCUT2D eigenvalue weighted by Crippen LogP contribution is -2.32. The van der Waals surface area contributed by atoms with Crippen LogP contribution in [-0.2, 0) is 11.3 Å². The first-order valence-electron chi connectivity index (χ1n) is 10.3. The second-order valence-corrected chi connectivity index (χ2v) is 6.35. The summed E-state index contributed by atoms with van der Waals surface area (Å²) in [5, 5.41) is 6.00. The molecule has 0 spiro atoms. The van der Waals surface area contributed by atoms with E-state index in [9.17, 15) is 9.59 Å². The molecule has 1 aromatic rings. The standard InChI is InChI=1S/C17H32N8O2.C2H6/c1-13(26)23-15-7-12-25(17(27)24-15)11-3-6-14(21-10-4-8-18)5-2-9-22-16(19)20;1-2/h7,12,14,21H,2-6,8-11,18H2,1H3,(H4,19,20,22)(H,23,24,26,27);1-2H3/t14-;/m0./s1. The lowest BCUT2D eigenvalue weighted by Gasteiger charge is -2.18. The molecule has 0 fully saturated rings. The van der Waals surface area contributed by atoms with Crippen molar-refractivity contribution < 1.29 is 4.79 Å². The van der Waals surface area contributed by atoms with Crippen molar-refractivity contribution in [2.75, 3.05) is 25.0 Å². The van der Waals surface area contributed by atoms with Crippen molar-refractivity contribution in [1.29, 1.82) is 0 Å². The summed E-state index contributed by atoms with van der Waals surface area (Å²) in [5.41, 5.74) is 15.9. The Hall–Kier alpha value is -2.46. The van der Waals surface area contributed by atoms with Crippen LogP contribution in [0.25, 0.3) is 0 Å². The number of nitrogens with one attached hydrogen (secondary N) is 2. The highest BCUT2D eigenvalue weighted by molar-refractivity contribution is 5.87. The maximum atomic E-state index is 12.0. The van der Waals surface area contributed by atoms with Crippen LogP contribution < -0.4 is 33.5 Å². The minimum Gasteiger partial charge on any atom is -0.370 e. The molecule has 1 aromatic heterocycles. The molecule has 0 aliphatic heterocycles. The number of nitrogens with two attached hydrogens (primary N) is 3. The van der Waals surface area contributed by atoms with Gasteiger partial charge in [-0.1, -0.05) is 13.8 Å². The van der Waals surface area contributed by atoms with E-state index in [0.29, 0.717) is 25.7 Å². The minimum absolute atomic E-state index is 0.109. The SMILES string of the molecule is CC.CC(=O)Nc1ccn(CCC[C@H](CCCN=C(N)N)NCCCN)c(=O)n1. The summed E-state index contributed by atoms with van der Waals surface area (Å²) in [6, 6.07) is 1.93. The van der Waals surface area contributed by atoms with E-state index in [-0.39, 0.29) is 23.4 Å². The van der Waals surface area contributed by atoms with E-state index in [1.807, 2.05) is 13.8 Å². The summed E-state index contributed by atoms with van der Waals surface area (Å²) < 4.78 is 1.54. The molecule has 29 heavy (non-hydrogen) atoms. The van der Waals surface area contributed by atoms with Crippen LogP contribution in [0.2, 0.25) is 0 Å². The molecule has 1 rings (SSSR count). The quantitative estimate of drug-likeness (QED) is 0.178. The van der Waals surface area contributed by atoms with Crippen LogP contribution in [0, 0.1) is 0 Å². The number of hydrogen-bond acceptors (Lipinski definition) is 6. The van der Waals surface area contributed by atoms with E-state index in [1.54, 1.807) is 16.8 Å². The Labute approximate surface area is 173 Å². The molecule has 10 heteroatoms. The van der Waals surface area contributed by atoms with Gasteiger partial charge in [0.15, 0.2) is 5.96 Å². The molecular weight excluding hydrogens is 372 g/mol. The zero-order chi connectivity index (χ0) is 22.1. The van der Waals surface area contributed by atoms with E-state index >= 15 is 0 Å². The molecule has 0 radical (unpaired) electrons. The number of amides is 1. The fraction of sp³-hybridized carbons (Fsp3) is 0.684. The fourth-order valence-electron chi connectivity index (χ4n) is 2.66. The third-order valence-electron chi connectivity index (χ3n) is 3.95. The average molecular weight is 411 g/mol. The normalized spacial score (nSPS) is 11.2. The first-order chi connectivity index (χ1) is 13.9. The molecule has 1 atom stereocenters. The predicted octanol–water partition coefficient (Wildman–Crippen LogP) is 0.369. The molecule has 0 aliphatic carbocycles. The van der Waals surface area contributed by atoms with Gasteiger partial charge in [-0.3, -0.25) is 14.4 Å². The molecule has 0 unspecified atom stereocenters. The first-order valence-corrected chi connectivity index (χ1v) is 10.3. The third-order valence-corrected chi connectivity index (χ3v) is 3.95. The summed E-state index contributed by atoms with van der Waals surface area (Å²) >= 11 is 0. The van der Waals surface area contributed by atoms with E-state index in [2.05, 4.69) is 20.6 Å². The van der Waals surface area contributed by atoms with E-state index in [4.69, 9.17) is 17.2 Å². The molecule has 10 nitrogen and oxygen atoms in total. The fourth-order valence-corrected chi connectivity index (χ4v) is 2.66. The van der Waals surface area contributed by atoms with Gasteiger partial charge in [-0.2, -0.15) is 4.98 Å². The molecule has 0 aliphatic rings. The van der Waals surface area contributed by atoms with Gasteiger partial charge in [0.05, 0.1) is 0 Å². The largest absolute Gasteiger partial charge is 0.370 e. The number of hydrogen-bond donors (Lipinski definition) is 5. The molecule has 1 amide bonds. The van der Waals surface area contributed by atoms with Gasteiger partial charge < -0.3 is 27.8 Å². The van der Waals surface area contributed by atoms with Crippen LogP contribution in [0.15, 0.2) is 22.1 Å². The maximum Gasteiger partial charge on any atom is 0.349 e. The van der Waals surface area contributed by atoms with Crippen LogP contribution in [0.3, 0.4) is 0 Å². The number of aliphatic imine (C=N–C) groups is 1. The summed E-state index contributed by atoms with van der Waals surface area (Å²) in [7, 11) is 0. The molecular formula is C19H38N8O2. The van der Waals surface area contributed by atoms with Gasteiger partial charge in [-0.15, -0.1) is 0 Å². The second-order valence-electron chi connectivity index (χ2n) is 6.35.